The van der Waals surface area contributed by atoms with Gasteiger partial charge in [0.25, 0.3) is 0 Å². The predicted molar refractivity (Wildman–Crippen MR) is 61.6 cm³/mol. The van der Waals surface area contributed by atoms with E-state index < -0.39 is 11.6 Å². The third-order valence-corrected chi connectivity index (χ3v) is 3.12. The number of hydrogen-bond acceptors (Lipinski definition) is 5. The fraction of sp³-hybridized carbons (Fsp3) is 0. The molecule has 0 amide bonds. The molecule has 2 rings (SSSR count). The molecule has 0 fully saturated rings. The van der Waals surface area contributed by atoms with Gasteiger partial charge in [0.05, 0.1) is 16.7 Å². The number of nitriles is 1. The minimum Gasteiger partial charge on any atom is -0.399 e. The monoisotopic (exact) mass is 264 g/mol. The van der Waals surface area contributed by atoms with E-state index >= 15 is 0 Å². The maximum absolute atomic E-state index is 13.6. The van der Waals surface area contributed by atoms with Crippen LogP contribution >= 0.6 is 11.8 Å². The van der Waals surface area contributed by atoms with E-state index in [1.807, 2.05) is 6.07 Å². The van der Waals surface area contributed by atoms with Crippen LogP contribution in [0.5, 0.6) is 0 Å². The van der Waals surface area contributed by atoms with Gasteiger partial charge in [-0.25, -0.2) is 8.78 Å². The summed E-state index contributed by atoms with van der Waals surface area (Å²) in [7, 11) is 0. The fourth-order valence-electron chi connectivity index (χ4n) is 1.25. The summed E-state index contributed by atoms with van der Waals surface area (Å²) in [6.45, 7) is 0. The van der Waals surface area contributed by atoms with E-state index in [4.69, 9.17) is 11.0 Å². The summed E-state index contributed by atoms with van der Waals surface area (Å²) >= 11 is 0.699. The number of halogens is 2. The Kier molecular flexibility index (Phi) is 3.39. The molecular formula is C11H6F2N4S. The Labute approximate surface area is 105 Å². The molecule has 2 aromatic rings. The van der Waals surface area contributed by atoms with Crippen molar-refractivity contribution in [2.45, 2.75) is 9.92 Å². The highest BCUT2D eigenvalue weighted by Crippen LogP contribution is 2.33. The van der Waals surface area contributed by atoms with E-state index in [0.717, 1.165) is 12.1 Å². The number of nitrogens with zero attached hydrogens (tertiary/aromatic N) is 3. The van der Waals surface area contributed by atoms with Crippen molar-refractivity contribution < 1.29 is 8.78 Å². The molecule has 90 valence electrons. The summed E-state index contributed by atoms with van der Waals surface area (Å²) in [4.78, 5) is -0.263. The lowest BCUT2D eigenvalue weighted by Gasteiger charge is -2.05. The van der Waals surface area contributed by atoms with Crippen molar-refractivity contribution in [1.29, 1.82) is 5.26 Å². The lowest BCUT2D eigenvalue weighted by Crippen LogP contribution is -1.95. The molecule has 2 N–H and O–H groups in total. The van der Waals surface area contributed by atoms with Crippen LogP contribution in [-0.4, -0.2) is 10.2 Å². The number of rotatable bonds is 2. The maximum Gasteiger partial charge on any atom is 0.142 e. The van der Waals surface area contributed by atoms with E-state index in [1.54, 1.807) is 0 Å². The molecule has 0 saturated heterocycles. The zero-order valence-electron chi connectivity index (χ0n) is 8.89. The van der Waals surface area contributed by atoms with Gasteiger partial charge in [0.15, 0.2) is 0 Å². The number of nitrogens with two attached hydrogens (primary N) is 1. The van der Waals surface area contributed by atoms with Crippen molar-refractivity contribution >= 4 is 17.4 Å². The number of aromatic nitrogens is 2. The van der Waals surface area contributed by atoms with Crippen LogP contribution in [0.25, 0.3) is 0 Å². The third kappa shape index (κ3) is 2.38. The van der Waals surface area contributed by atoms with Crippen molar-refractivity contribution in [1.82, 2.24) is 10.2 Å². The number of hydrogen-bond donors (Lipinski definition) is 1. The minimum atomic E-state index is -0.799. The number of benzene rings is 1. The summed E-state index contributed by atoms with van der Waals surface area (Å²) in [5, 5.41) is 16.2. The maximum atomic E-state index is 13.6. The molecule has 0 aliphatic carbocycles. The molecule has 0 aliphatic rings. The van der Waals surface area contributed by atoms with E-state index in [9.17, 15) is 8.78 Å². The Morgan fingerprint density at radius 1 is 1.28 bits per heavy atom. The SMILES string of the molecule is N#Cc1ccnnc1Sc1c(F)cc(N)cc1F. The zero-order valence-corrected chi connectivity index (χ0v) is 9.71. The Morgan fingerprint density at radius 3 is 2.56 bits per heavy atom. The number of nitrogen functional groups attached to an aromatic ring is 1. The molecule has 18 heavy (non-hydrogen) atoms. The van der Waals surface area contributed by atoms with Gasteiger partial charge in [0.1, 0.15) is 22.7 Å². The molecule has 1 aromatic heterocycles. The highest BCUT2D eigenvalue weighted by molar-refractivity contribution is 7.99. The smallest absolute Gasteiger partial charge is 0.142 e. The lowest BCUT2D eigenvalue weighted by atomic mass is 10.3. The van der Waals surface area contributed by atoms with Crippen molar-refractivity contribution in [3.05, 3.63) is 41.6 Å². The van der Waals surface area contributed by atoms with E-state index in [1.165, 1.54) is 12.3 Å². The molecule has 0 spiro atoms. The van der Waals surface area contributed by atoms with Crippen LogP contribution in [0.2, 0.25) is 0 Å². The van der Waals surface area contributed by atoms with Gasteiger partial charge in [-0.1, -0.05) is 11.8 Å². The Morgan fingerprint density at radius 2 is 1.94 bits per heavy atom. The van der Waals surface area contributed by atoms with Gasteiger partial charge < -0.3 is 5.73 Å². The summed E-state index contributed by atoms with van der Waals surface area (Å²) in [5.74, 6) is -1.60. The van der Waals surface area contributed by atoms with Gasteiger partial charge in [-0.2, -0.15) is 10.4 Å². The molecule has 4 nitrogen and oxygen atoms in total. The Balaban J connectivity index is 2.44. The largest absolute Gasteiger partial charge is 0.399 e. The highest BCUT2D eigenvalue weighted by atomic mass is 32.2. The molecule has 7 heteroatoms. The average molecular weight is 264 g/mol. The van der Waals surface area contributed by atoms with Crippen LogP contribution in [0, 0.1) is 23.0 Å². The van der Waals surface area contributed by atoms with Crippen LogP contribution in [0.4, 0.5) is 14.5 Å². The van der Waals surface area contributed by atoms with Crippen LogP contribution in [0.15, 0.2) is 34.3 Å². The number of anilines is 1. The summed E-state index contributed by atoms with van der Waals surface area (Å²) in [6.07, 6.45) is 1.33. The van der Waals surface area contributed by atoms with Crippen LogP contribution in [0.3, 0.4) is 0 Å². The second-order valence-corrected chi connectivity index (χ2v) is 4.28. The zero-order chi connectivity index (χ0) is 13.1. The summed E-state index contributed by atoms with van der Waals surface area (Å²) in [6, 6.07) is 5.31. The average Bonchev–Trinajstić information content (AvgIpc) is 2.34. The van der Waals surface area contributed by atoms with Crippen LogP contribution < -0.4 is 5.73 Å². The molecule has 0 aliphatic heterocycles. The fourth-order valence-corrected chi connectivity index (χ4v) is 2.07. The third-order valence-electron chi connectivity index (χ3n) is 2.03. The topological polar surface area (TPSA) is 75.6 Å². The van der Waals surface area contributed by atoms with Gasteiger partial charge in [0.2, 0.25) is 0 Å². The molecule has 1 aromatic carbocycles. The van der Waals surface area contributed by atoms with Gasteiger partial charge >= 0.3 is 0 Å². The first kappa shape index (κ1) is 12.3. The van der Waals surface area contributed by atoms with E-state index in [2.05, 4.69) is 10.2 Å². The summed E-state index contributed by atoms with van der Waals surface area (Å²) in [5.41, 5.74) is 5.50. The van der Waals surface area contributed by atoms with Crippen LogP contribution in [-0.2, 0) is 0 Å². The van der Waals surface area contributed by atoms with Gasteiger partial charge in [-0.3, -0.25) is 0 Å². The molecular weight excluding hydrogens is 258 g/mol. The Hall–Kier alpha value is -2.20. The van der Waals surface area contributed by atoms with E-state index in [-0.39, 0.29) is 21.2 Å². The highest BCUT2D eigenvalue weighted by Gasteiger charge is 2.15. The molecule has 0 radical (unpaired) electrons. The minimum absolute atomic E-state index is 0.00555. The van der Waals surface area contributed by atoms with Crippen molar-refractivity contribution in [3.8, 4) is 6.07 Å². The van der Waals surface area contributed by atoms with Crippen molar-refractivity contribution in [2.24, 2.45) is 0 Å². The van der Waals surface area contributed by atoms with Gasteiger partial charge in [-0.15, -0.1) is 5.10 Å². The quantitative estimate of drug-likeness (QED) is 0.843. The standard InChI is InChI=1S/C11H6F2N4S/c12-8-3-7(15)4-9(13)10(8)18-11-6(5-14)1-2-16-17-11/h1-4H,15H2. The molecule has 0 bridgehead atoms. The van der Waals surface area contributed by atoms with Crippen molar-refractivity contribution in [2.75, 3.05) is 5.73 Å². The lowest BCUT2D eigenvalue weighted by molar-refractivity contribution is 0.541. The first-order valence-corrected chi connectivity index (χ1v) is 5.57. The molecule has 0 unspecified atom stereocenters. The first-order chi connectivity index (χ1) is 8.61. The van der Waals surface area contributed by atoms with Gasteiger partial charge in [-0.05, 0) is 18.2 Å². The molecule has 0 saturated carbocycles. The van der Waals surface area contributed by atoms with Crippen LogP contribution in [0.1, 0.15) is 5.56 Å². The Bertz CT molecular complexity index is 616. The normalized spacial score (nSPS) is 10.1. The van der Waals surface area contributed by atoms with E-state index in [0.29, 0.717) is 11.8 Å². The van der Waals surface area contributed by atoms with Gasteiger partial charge in [0, 0.05) is 5.69 Å². The van der Waals surface area contributed by atoms with Crippen molar-refractivity contribution in [3.63, 3.8) is 0 Å². The molecule has 0 atom stereocenters. The second kappa shape index (κ2) is 4.98. The second-order valence-electron chi connectivity index (χ2n) is 3.28. The molecule has 1 heterocycles. The first-order valence-electron chi connectivity index (χ1n) is 4.76. The summed E-state index contributed by atoms with van der Waals surface area (Å²) < 4.78 is 27.1. The predicted octanol–water partition coefficient (Wildman–Crippen LogP) is 2.36.